The van der Waals surface area contributed by atoms with Crippen molar-refractivity contribution < 1.29 is 4.74 Å². The van der Waals surface area contributed by atoms with Gasteiger partial charge < -0.3 is 10.1 Å². The number of nitrogens with one attached hydrogen (secondary N) is 1. The van der Waals surface area contributed by atoms with E-state index in [1.807, 2.05) is 30.3 Å². The summed E-state index contributed by atoms with van der Waals surface area (Å²) in [6.07, 6.45) is 0. The highest BCUT2D eigenvalue weighted by Crippen LogP contribution is 2.37. The molecule has 0 spiro atoms. The third kappa shape index (κ3) is 3.72. The van der Waals surface area contributed by atoms with E-state index in [0.717, 1.165) is 27.9 Å². The first-order chi connectivity index (χ1) is 10.1. The second kappa shape index (κ2) is 7.50. The highest BCUT2D eigenvalue weighted by molar-refractivity contribution is 9.10. The molecule has 2 aromatic rings. The summed E-state index contributed by atoms with van der Waals surface area (Å²) < 4.78 is 6.47. The van der Waals surface area contributed by atoms with Gasteiger partial charge in [-0.3, -0.25) is 0 Å². The maximum Gasteiger partial charge on any atom is 0.124 e. The summed E-state index contributed by atoms with van der Waals surface area (Å²) in [5.41, 5.74) is 1.94. The molecule has 1 atom stereocenters. The average Bonchev–Trinajstić information content (AvgIpc) is 2.48. The lowest BCUT2D eigenvalue weighted by Crippen LogP contribution is -2.23. The Hall–Kier alpha value is -0.740. The molecule has 0 aliphatic heterocycles. The highest BCUT2D eigenvalue weighted by Gasteiger charge is 2.21. The molecule has 2 rings (SSSR count). The van der Waals surface area contributed by atoms with Crippen molar-refractivity contribution in [3.05, 3.63) is 62.0 Å². The summed E-state index contributed by atoms with van der Waals surface area (Å²) in [6, 6.07) is 11.5. The Morgan fingerprint density at radius 3 is 2.62 bits per heavy atom. The molecule has 1 N–H and O–H groups in total. The molecule has 5 heteroatoms. The molecule has 0 saturated carbocycles. The van der Waals surface area contributed by atoms with Crippen molar-refractivity contribution in [1.29, 1.82) is 0 Å². The molecule has 0 bridgehead atoms. The summed E-state index contributed by atoms with van der Waals surface area (Å²) >= 11 is 16.0. The van der Waals surface area contributed by atoms with Gasteiger partial charge in [0.15, 0.2) is 0 Å². The van der Waals surface area contributed by atoms with Gasteiger partial charge in [-0.15, -0.1) is 0 Å². The molecule has 0 amide bonds. The average molecular weight is 389 g/mol. The standard InChI is InChI=1S/C16H16BrCl2NO/c1-3-20-16(11-5-4-6-13(18)15(11)19)12-9-10(17)7-8-14(12)21-2/h4-9,16,20H,3H2,1-2H3. The first-order valence-electron chi connectivity index (χ1n) is 6.59. The van der Waals surface area contributed by atoms with E-state index in [1.54, 1.807) is 13.2 Å². The Kier molecular flexibility index (Phi) is 5.94. The van der Waals surface area contributed by atoms with E-state index < -0.39 is 0 Å². The molecular formula is C16H16BrCl2NO. The fourth-order valence-corrected chi connectivity index (χ4v) is 3.06. The molecule has 112 valence electrons. The van der Waals surface area contributed by atoms with Gasteiger partial charge >= 0.3 is 0 Å². The Morgan fingerprint density at radius 2 is 1.95 bits per heavy atom. The van der Waals surface area contributed by atoms with E-state index in [1.165, 1.54) is 0 Å². The van der Waals surface area contributed by atoms with Crippen molar-refractivity contribution in [3.63, 3.8) is 0 Å². The molecule has 2 nitrogen and oxygen atoms in total. The van der Waals surface area contributed by atoms with Crippen LogP contribution in [-0.4, -0.2) is 13.7 Å². The number of benzene rings is 2. The van der Waals surface area contributed by atoms with Crippen molar-refractivity contribution in [2.75, 3.05) is 13.7 Å². The topological polar surface area (TPSA) is 21.3 Å². The molecule has 0 saturated heterocycles. The summed E-state index contributed by atoms with van der Waals surface area (Å²) in [4.78, 5) is 0. The first kappa shape index (κ1) is 16.6. The number of rotatable bonds is 5. The molecular weight excluding hydrogens is 373 g/mol. The minimum absolute atomic E-state index is 0.0892. The fraction of sp³-hybridized carbons (Fsp3) is 0.250. The third-order valence-corrected chi connectivity index (χ3v) is 4.53. The predicted molar refractivity (Wildman–Crippen MR) is 92.7 cm³/mol. The highest BCUT2D eigenvalue weighted by atomic mass is 79.9. The minimum Gasteiger partial charge on any atom is -0.496 e. The summed E-state index contributed by atoms with van der Waals surface area (Å²) in [5, 5.41) is 4.55. The van der Waals surface area contributed by atoms with Gasteiger partial charge in [-0.25, -0.2) is 0 Å². The van der Waals surface area contributed by atoms with E-state index in [0.29, 0.717) is 10.0 Å². The van der Waals surface area contributed by atoms with Crippen LogP contribution in [0.1, 0.15) is 24.1 Å². The molecule has 21 heavy (non-hydrogen) atoms. The van der Waals surface area contributed by atoms with Crippen molar-refractivity contribution in [2.45, 2.75) is 13.0 Å². The Labute approximate surface area is 143 Å². The molecule has 0 aliphatic rings. The van der Waals surface area contributed by atoms with Crippen LogP contribution in [0.3, 0.4) is 0 Å². The number of ether oxygens (including phenoxy) is 1. The van der Waals surface area contributed by atoms with Crippen LogP contribution in [0.15, 0.2) is 40.9 Å². The van der Waals surface area contributed by atoms with Gasteiger partial charge in [0, 0.05) is 10.0 Å². The van der Waals surface area contributed by atoms with Gasteiger partial charge in [-0.2, -0.15) is 0 Å². The van der Waals surface area contributed by atoms with Crippen LogP contribution in [0.25, 0.3) is 0 Å². The predicted octanol–water partition coefficient (Wildman–Crippen LogP) is 5.46. The lowest BCUT2D eigenvalue weighted by Gasteiger charge is -2.23. The number of hydrogen-bond acceptors (Lipinski definition) is 2. The molecule has 0 aliphatic carbocycles. The molecule has 1 unspecified atom stereocenters. The molecule has 0 radical (unpaired) electrons. The van der Waals surface area contributed by atoms with Crippen molar-refractivity contribution in [2.24, 2.45) is 0 Å². The van der Waals surface area contributed by atoms with E-state index >= 15 is 0 Å². The smallest absolute Gasteiger partial charge is 0.124 e. The van der Waals surface area contributed by atoms with Crippen LogP contribution in [0.5, 0.6) is 5.75 Å². The minimum atomic E-state index is -0.0892. The van der Waals surface area contributed by atoms with Gasteiger partial charge in [0.2, 0.25) is 0 Å². The van der Waals surface area contributed by atoms with Gasteiger partial charge in [0.05, 0.1) is 23.2 Å². The maximum atomic E-state index is 6.38. The van der Waals surface area contributed by atoms with Crippen LogP contribution < -0.4 is 10.1 Å². The molecule has 0 heterocycles. The van der Waals surface area contributed by atoms with Crippen LogP contribution in [0.4, 0.5) is 0 Å². The van der Waals surface area contributed by atoms with E-state index in [4.69, 9.17) is 27.9 Å². The van der Waals surface area contributed by atoms with Gasteiger partial charge in [-0.05, 0) is 36.4 Å². The summed E-state index contributed by atoms with van der Waals surface area (Å²) in [7, 11) is 1.66. The lowest BCUT2D eigenvalue weighted by atomic mass is 9.97. The van der Waals surface area contributed by atoms with Gasteiger partial charge in [0.25, 0.3) is 0 Å². The van der Waals surface area contributed by atoms with E-state index in [-0.39, 0.29) is 6.04 Å². The number of halogens is 3. The fourth-order valence-electron chi connectivity index (χ4n) is 2.27. The summed E-state index contributed by atoms with van der Waals surface area (Å²) in [6.45, 7) is 2.85. The van der Waals surface area contributed by atoms with Crippen LogP contribution in [-0.2, 0) is 0 Å². The lowest BCUT2D eigenvalue weighted by molar-refractivity contribution is 0.404. The molecule has 0 aromatic heterocycles. The molecule has 2 aromatic carbocycles. The van der Waals surface area contributed by atoms with E-state index in [9.17, 15) is 0 Å². The van der Waals surface area contributed by atoms with Crippen molar-refractivity contribution >= 4 is 39.1 Å². The van der Waals surface area contributed by atoms with Crippen molar-refractivity contribution in [3.8, 4) is 5.75 Å². The zero-order valence-corrected chi connectivity index (χ0v) is 14.9. The normalized spacial score (nSPS) is 12.2. The van der Waals surface area contributed by atoms with Gasteiger partial charge in [-0.1, -0.05) is 58.2 Å². The van der Waals surface area contributed by atoms with Crippen LogP contribution >= 0.6 is 39.1 Å². The SMILES string of the molecule is CCNC(c1cc(Br)ccc1OC)c1cccc(Cl)c1Cl. The van der Waals surface area contributed by atoms with Crippen LogP contribution in [0.2, 0.25) is 10.0 Å². The van der Waals surface area contributed by atoms with Gasteiger partial charge in [0.1, 0.15) is 5.75 Å². The van der Waals surface area contributed by atoms with Crippen molar-refractivity contribution in [1.82, 2.24) is 5.32 Å². The third-order valence-electron chi connectivity index (χ3n) is 3.20. The first-order valence-corrected chi connectivity index (χ1v) is 8.14. The summed E-state index contributed by atoms with van der Waals surface area (Å²) in [5.74, 6) is 0.806. The number of hydrogen-bond donors (Lipinski definition) is 1. The quantitative estimate of drug-likeness (QED) is 0.733. The zero-order valence-electron chi connectivity index (χ0n) is 11.8. The number of methoxy groups -OCH3 is 1. The van der Waals surface area contributed by atoms with Crippen LogP contribution in [0, 0.1) is 0 Å². The maximum absolute atomic E-state index is 6.38. The van der Waals surface area contributed by atoms with E-state index in [2.05, 4.69) is 28.2 Å². The Morgan fingerprint density at radius 1 is 1.19 bits per heavy atom. The second-order valence-electron chi connectivity index (χ2n) is 4.52. The molecule has 0 fully saturated rings. The monoisotopic (exact) mass is 387 g/mol. The second-order valence-corrected chi connectivity index (χ2v) is 6.22. The largest absolute Gasteiger partial charge is 0.496 e. The zero-order chi connectivity index (χ0) is 15.4. The Balaban J connectivity index is 2.58. The Bertz CT molecular complexity index is 634.